The molecule has 3 nitrogen and oxygen atoms in total. The van der Waals surface area contributed by atoms with Crippen molar-refractivity contribution in [3.63, 3.8) is 0 Å². The molecule has 0 radical (unpaired) electrons. The standard InChI is InChI=1S/C8H13F2N3/c1-4-5(2)7-11-8(6(9)10)13(3)12-7/h5-6H,4H2,1-3H3. The largest absolute Gasteiger partial charge is 0.297 e. The van der Waals surface area contributed by atoms with Gasteiger partial charge in [0, 0.05) is 13.0 Å². The normalized spacial score (nSPS) is 13.7. The lowest BCUT2D eigenvalue weighted by molar-refractivity contribution is 0.135. The van der Waals surface area contributed by atoms with E-state index in [4.69, 9.17) is 0 Å². The molecule has 0 spiro atoms. The Morgan fingerprint density at radius 2 is 2.08 bits per heavy atom. The van der Waals surface area contributed by atoms with Crippen LogP contribution in [0, 0.1) is 0 Å². The average molecular weight is 189 g/mol. The van der Waals surface area contributed by atoms with Crippen molar-refractivity contribution in [2.75, 3.05) is 0 Å². The first-order chi connectivity index (χ1) is 6.06. The molecule has 74 valence electrons. The van der Waals surface area contributed by atoms with Crippen LogP contribution in [0.5, 0.6) is 0 Å². The maximum Gasteiger partial charge on any atom is 0.297 e. The maximum atomic E-state index is 12.3. The molecule has 1 heterocycles. The SMILES string of the molecule is CCC(C)c1nc(C(F)F)n(C)n1. The molecule has 1 atom stereocenters. The summed E-state index contributed by atoms with van der Waals surface area (Å²) in [4.78, 5) is 3.78. The second-order valence-corrected chi connectivity index (χ2v) is 3.06. The number of hydrogen-bond donors (Lipinski definition) is 0. The summed E-state index contributed by atoms with van der Waals surface area (Å²) in [6, 6.07) is 0. The number of rotatable bonds is 3. The molecule has 1 aromatic rings. The van der Waals surface area contributed by atoms with Crippen LogP contribution in [0.3, 0.4) is 0 Å². The fourth-order valence-corrected chi connectivity index (χ4v) is 0.998. The maximum absolute atomic E-state index is 12.3. The van der Waals surface area contributed by atoms with Crippen molar-refractivity contribution in [1.82, 2.24) is 14.8 Å². The molecule has 1 unspecified atom stereocenters. The Morgan fingerprint density at radius 1 is 1.46 bits per heavy atom. The minimum Gasteiger partial charge on any atom is -0.248 e. The van der Waals surface area contributed by atoms with Gasteiger partial charge in [-0.05, 0) is 6.42 Å². The van der Waals surface area contributed by atoms with Gasteiger partial charge in [0.2, 0.25) is 0 Å². The first-order valence-corrected chi connectivity index (χ1v) is 4.25. The van der Waals surface area contributed by atoms with E-state index in [1.54, 1.807) is 0 Å². The van der Waals surface area contributed by atoms with Crippen LogP contribution in [-0.2, 0) is 7.05 Å². The lowest BCUT2D eigenvalue weighted by Gasteiger charge is -1.99. The van der Waals surface area contributed by atoms with Crippen molar-refractivity contribution in [2.24, 2.45) is 7.05 Å². The zero-order chi connectivity index (χ0) is 10.0. The lowest BCUT2D eigenvalue weighted by Crippen LogP contribution is -1.99. The zero-order valence-corrected chi connectivity index (χ0v) is 7.96. The van der Waals surface area contributed by atoms with Gasteiger partial charge in [0.05, 0.1) is 0 Å². The molecule has 0 aromatic carbocycles. The van der Waals surface area contributed by atoms with Crippen molar-refractivity contribution in [3.05, 3.63) is 11.6 Å². The molecule has 1 aromatic heterocycles. The van der Waals surface area contributed by atoms with Crippen molar-refractivity contribution < 1.29 is 8.78 Å². The smallest absolute Gasteiger partial charge is 0.248 e. The third-order valence-corrected chi connectivity index (χ3v) is 2.06. The Kier molecular flexibility index (Phi) is 2.95. The number of halogens is 2. The number of hydrogen-bond acceptors (Lipinski definition) is 2. The molecule has 1 rings (SSSR count). The van der Waals surface area contributed by atoms with E-state index in [2.05, 4.69) is 10.1 Å². The summed E-state index contributed by atoms with van der Waals surface area (Å²) in [5.74, 6) is 0.384. The zero-order valence-electron chi connectivity index (χ0n) is 7.96. The van der Waals surface area contributed by atoms with E-state index < -0.39 is 6.43 Å². The Hall–Kier alpha value is -1.00. The molecule has 0 fully saturated rings. The average Bonchev–Trinajstić information content (AvgIpc) is 2.46. The van der Waals surface area contributed by atoms with Gasteiger partial charge in [0.1, 0.15) is 0 Å². The minimum absolute atomic E-state index is 0.138. The minimum atomic E-state index is -2.55. The summed E-state index contributed by atoms with van der Waals surface area (Å²) in [5.41, 5.74) is 0. The summed E-state index contributed by atoms with van der Waals surface area (Å²) in [5, 5.41) is 3.93. The fraction of sp³-hybridized carbons (Fsp3) is 0.750. The van der Waals surface area contributed by atoms with Gasteiger partial charge >= 0.3 is 0 Å². The lowest BCUT2D eigenvalue weighted by atomic mass is 10.1. The highest BCUT2D eigenvalue weighted by Gasteiger charge is 2.18. The molecule has 5 heteroatoms. The summed E-state index contributed by atoms with van der Waals surface area (Å²) >= 11 is 0. The molecule has 13 heavy (non-hydrogen) atoms. The molecule has 0 amide bonds. The van der Waals surface area contributed by atoms with E-state index in [9.17, 15) is 8.78 Å². The summed E-state index contributed by atoms with van der Waals surface area (Å²) in [7, 11) is 1.49. The number of aromatic nitrogens is 3. The van der Waals surface area contributed by atoms with E-state index in [0.717, 1.165) is 11.1 Å². The first-order valence-electron chi connectivity index (χ1n) is 4.25. The van der Waals surface area contributed by atoms with Gasteiger partial charge < -0.3 is 0 Å². The van der Waals surface area contributed by atoms with Crippen molar-refractivity contribution in [1.29, 1.82) is 0 Å². The molecule has 0 aliphatic heterocycles. The van der Waals surface area contributed by atoms with Gasteiger partial charge in [-0.15, -0.1) is 0 Å². The predicted molar refractivity (Wildman–Crippen MR) is 44.7 cm³/mol. The van der Waals surface area contributed by atoms with Gasteiger partial charge in [0.25, 0.3) is 6.43 Å². The number of aryl methyl sites for hydroxylation is 1. The second-order valence-electron chi connectivity index (χ2n) is 3.06. The summed E-state index contributed by atoms with van der Waals surface area (Å²) in [6.07, 6.45) is -1.69. The van der Waals surface area contributed by atoms with Crippen LogP contribution in [0.1, 0.15) is 44.3 Å². The highest BCUT2D eigenvalue weighted by atomic mass is 19.3. The quantitative estimate of drug-likeness (QED) is 0.730. The van der Waals surface area contributed by atoms with E-state index in [1.807, 2.05) is 13.8 Å². The van der Waals surface area contributed by atoms with Gasteiger partial charge in [-0.3, -0.25) is 0 Å². The highest BCUT2D eigenvalue weighted by Crippen LogP contribution is 2.20. The van der Waals surface area contributed by atoms with Crippen LogP contribution in [-0.4, -0.2) is 14.8 Å². The fourth-order valence-electron chi connectivity index (χ4n) is 0.998. The van der Waals surface area contributed by atoms with Gasteiger partial charge in [0.15, 0.2) is 11.6 Å². The van der Waals surface area contributed by atoms with Crippen LogP contribution in [0.15, 0.2) is 0 Å². The molecule has 0 bridgehead atoms. The molecule has 0 saturated carbocycles. The van der Waals surface area contributed by atoms with Gasteiger partial charge in [-0.1, -0.05) is 13.8 Å². The summed E-state index contributed by atoms with van der Waals surface area (Å²) in [6.45, 7) is 3.90. The first kappa shape index (κ1) is 10.1. The van der Waals surface area contributed by atoms with Crippen LogP contribution >= 0.6 is 0 Å². The van der Waals surface area contributed by atoms with E-state index in [1.165, 1.54) is 7.05 Å². The molecule has 0 aliphatic carbocycles. The Morgan fingerprint density at radius 3 is 2.46 bits per heavy atom. The highest BCUT2D eigenvalue weighted by molar-refractivity contribution is 4.98. The molecule has 0 saturated heterocycles. The summed E-state index contributed by atoms with van der Waals surface area (Å²) < 4.78 is 25.7. The second kappa shape index (κ2) is 3.81. The van der Waals surface area contributed by atoms with Crippen LogP contribution < -0.4 is 0 Å². The Balaban J connectivity index is 2.95. The van der Waals surface area contributed by atoms with Gasteiger partial charge in [-0.2, -0.15) is 5.10 Å². The number of alkyl halides is 2. The Labute approximate surface area is 75.8 Å². The molecule has 0 aliphatic rings. The van der Waals surface area contributed by atoms with E-state index in [0.29, 0.717) is 5.82 Å². The van der Waals surface area contributed by atoms with Crippen LogP contribution in [0.4, 0.5) is 8.78 Å². The number of nitrogens with zero attached hydrogens (tertiary/aromatic N) is 3. The predicted octanol–water partition coefficient (Wildman–Crippen LogP) is 2.27. The third-order valence-electron chi connectivity index (χ3n) is 2.06. The molecule has 0 N–H and O–H groups in total. The van der Waals surface area contributed by atoms with Crippen molar-refractivity contribution in [3.8, 4) is 0 Å². The Bertz CT molecular complexity index is 283. The molecular formula is C8H13F2N3. The molecular weight excluding hydrogens is 176 g/mol. The third kappa shape index (κ3) is 2.02. The van der Waals surface area contributed by atoms with E-state index in [-0.39, 0.29) is 11.7 Å². The van der Waals surface area contributed by atoms with Crippen molar-refractivity contribution >= 4 is 0 Å². The van der Waals surface area contributed by atoms with E-state index >= 15 is 0 Å². The monoisotopic (exact) mass is 189 g/mol. The topological polar surface area (TPSA) is 30.7 Å². The van der Waals surface area contributed by atoms with Crippen LogP contribution in [0.25, 0.3) is 0 Å². The van der Waals surface area contributed by atoms with Crippen molar-refractivity contribution in [2.45, 2.75) is 32.6 Å². The van der Waals surface area contributed by atoms with Gasteiger partial charge in [-0.25, -0.2) is 18.4 Å². The van der Waals surface area contributed by atoms with Crippen LogP contribution in [0.2, 0.25) is 0 Å².